The summed E-state index contributed by atoms with van der Waals surface area (Å²) in [5.74, 6) is -0.980. The molecular weight excluding hydrogens is 387 g/mol. The van der Waals surface area contributed by atoms with E-state index in [4.69, 9.17) is 23.2 Å². The zero-order chi connectivity index (χ0) is 19.6. The van der Waals surface area contributed by atoms with E-state index in [-0.39, 0.29) is 18.2 Å². The zero-order valence-corrected chi connectivity index (χ0v) is 16.2. The minimum Gasteiger partial charge on any atom is -0.330 e. The van der Waals surface area contributed by atoms with Gasteiger partial charge in [0.2, 0.25) is 11.8 Å². The predicted molar refractivity (Wildman–Crippen MR) is 105 cm³/mol. The molecule has 1 fully saturated rings. The van der Waals surface area contributed by atoms with Crippen LogP contribution in [0.5, 0.6) is 0 Å². The number of imide groups is 1. The van der Waals surface area contributed by atoms with Gasteiger partial charge in [-0.3, -0.25) is 14.4 Å². The smallest absolute Gasteiger partial charge is 0.257 e. The molecule has 2 aromatic rings. The van der Waals surface area contributed by atoms with Crippen molar-refractivity contribution >= 4 is 46.6 Å². The molecule has 1 aliphatic heterocycles. The van der Waals surface area contributed by atoms with Crippen molar-refractivity contribution in [3.05, 3.63) is 64.1 Å². The lowest BCUT2D eigenvalue weighted by molar-refractivity contribution is -0.136. The van der Waals surface area contributed by atoms with Crippen molar-refractivity contribution in [1.82, 2.24) is 4.90 Å². The number of amides is 3. The van der Waals surface area contributed by atoms with Crippen LogP contribution >= 0.6 is 23.2 Å². The zero-order valence-electron chi connectivity index (χ0n) is 14.7. The Bertz CT molecular complexity index is 883. The second kappa shape index (κ2) is 8.11. The average Bonchev–Trinajstić information content (AvgIpc) is 2.90. The molecule has 2 aromatic carbocycles. The molecule has 1 unspecified atom stereocenters. The maximum atomic E-state index is 12.9. The highest BCUT2D eigenvalue weighted by atomic mass is 35.5. The van der Waals surface area contributed by atoms with Crippen molar-refractivity contribution in [3.63, 3.8) is 0 Å². The number of nitrogens with zero attached hydrogens (tertiary/aromatic N) is 2. The first-order chi connectivity index (χ1) is 12.9. The molecular formula is C20H18Cl2N2O3. The Morgan fingerprint density at radius 1 is 1.11 bits per heavy atom. The fraction of sp³-hybridized carbons (Fsp3) is 0.250. The van der Waals surface area contributed by atoms with Gasteiger partial charge >= 0.3 is 0 Å². The summed E-state index contributed by atoms with van der Waals surface area (Å²) in [6, 6.07) is 13.0. The van der Waals surface area contributed by atoms with Crippen LogP contribution in [-0.2, 0) is 20.8 Å². The van der Waals surface area contributed by atoms with Gasteiger partial charge in [-0.05, 0) is 48.4 Å². The molecule has 3 amide bonds. The molecule has 140 valence electrons. The van der Waals surface area contributed by atoms with E-state index in [0.717, 1.165) is 10.5 Å². The molecule has 1 heterocycles. The summed E-state index contributed by atoms with van der Waals surface area (Å²) in [5.41, 5.74) is 1.41. The van der Waals surface area contributed by atoms with Gasteiger partial charge in [0, 0.05) is 23.5 Å². The molecule has 0 N–H and O–H groups in total. The number of carbonyl (C=O) groups excluding carboxylic acids is 3. The van der Waals surface area contributed by atoms with E-state index < -0.39 is 11.9 Å². The number of anilines is 1. The predicted octanol–water partition coefficient (Wildman–Crippen LogP) is 3.72. The van der Waals surface area contributed by atoms with Crippen LogP contribution < -0.4 is 4.90 Å². The summed E-state index contributed by atoms with van der Waals surface area (Å²) < 4.78 is 0. The van der Waals surface area contributed by atoms with E-state index in [1.165, 1.54) is 11.8 Å². The van der Waals surface area contributed by atoms with Gasteiger partial charge < -0.3 is 4.90 Å². The third-order valence-electron chi connectivity index (χ3n) is 4.52. The van der Waals surface area contributed by atoms with Gasteiger partial charge in [-0.1, -0.05) is 35.3 Å². The van der Waals surface area contributed by atoms with Crippen LogP contribution in [0.2, 0.25) is 10.0 Å². The van der Waals surface area contributed by atoms with Gasteiger partial charge in [0.25, 0.3) is 5.91 Å². The van der Waals surface area contributed by atoms with Crippen LogP contribution in [-0.4, -0.2) is 35.2 Å². The van der Waals surface area contributed by atoms with Crippen molar-refractivity contribution in [2.45, 2.75) is 25.8 Å². The highest BCUT2D eigenvalue weighted by molar-refractivity contribution is 6.31. The molecule has 0 aliphatic carbocycles. The first-order valence-corrected chi connectivity index (χ1v) is 9.26. The molecule has 1 saturated heterocycles. The van der Waals surface area contributed by atoms with E-state index in [1.807, 2.05) is 18.2 Å². The van der Waals surface area contributed by atoms with Crippen molar-refractivity contribution in [3.8, 4) is 0 Å². The van der Waals surface area contributed by atoms with Crippen LogP contribution in [0.1, 0.15) is 18.9 Å². The molecule has 7 heteroatoms. The summed E-state index contributed by atoms with van der Waals surface area (Å²) >= 11 is 11.9. The molecule has 0 saturated carbocycles. The van der Waals surface area contributed by atoms with E-state index in [1.54, 1.807) is 30.3 Å². The van der Waals surface area contributed by atoms with E-state index in [2.05, 4.69) is 0 Å². The molecule has 5 nitrogen and oxygen atoms in total. The number of benzene rings is 2. The molecule has 0 spiro atoms. The third-order valence-corrected chi connectivity index (χ3v) is 5.01. The number of halogens is 2. The Morgan fingerprint density at radius 3 is 2.44 bits per heavy atom. The van der Waals surface area contributed by atoms with Crippen LogP contribution in [0, 0.1) is 0 Å². The van der Waals surface area contributed by atoms with E-state index >= 15 is 0 Å². The summed E-state index contributed by atoms with van der Waals surface area (Å²) in [7, 11) is 0. The van der Waals surface area contributed by atoms with Crippen molar-refractivity contribution in [2.24, 2.45) is 0 Å². The number of hydrogen-bond acceptors (Lipinski definition) is 3. The summed E-state index contributed by atoms with van der Waals surface area (Å²) in [6.07, 6.45) is 0.510. The lowest BCUT2D eigenvalue weighted by Crippen LogP contribution is -2.45. The number of carbonyl (C=O) groups is 3. The molecule has 3 rings (SSSR count). The highest BCUT2D eigenvalue weighted by Gasteiger charge is 2.43. The molecule has 0 radical (unpaired) electrons. The maximum absolute atomic E-state index is 12.9. The lowest BCUT2D eigenvalue weighted by atomic mass is 10.1. The van der Waals surface area contributed by atoms with E-state index in [0.29, 0.717) is 28.7 Å². The monoisotopic (exact) mass is 404 g/mol. The first kappa shape index (κ1) is 19.4. The normalized spacial score (nSPS) is 16.7. The topological polar surface area (TPSA) is 57.7 Å². The second-order valence-corrected chi connectivity index (χ2v) is 7.23. The van der Waals surface area contributed by atoms with Crippen LogP contribution in [0.4, 0.5) is 5.69 Å². The van der Waals surface area contributed by atoms with Gasteiger partial charge in [-0.15, -0.1) is 0 Å². The third kappa shape index (κ3) is 4.31. The molecule has 27 heavy (non-hydrogen) atoms. The lowest BCUT2D eigenvalue weighted by Gasteiger charge is -2.26. The van der Waals surface area contributed by atoms with Gasteiger partial charge in [-0.2, -0.15) is 0 Å². The standard InChI is InChI=1S/C20H18Cl2N2O3/c1-13(25)23(10-9-14-3-2-4-16(22)11-14)18-12-19(26)24(20(18)27)17-7-5-15(21)6-8-17/h2-8,11,18H,9-10,12H2,1H3. The number of hydrogen-bond donors (Lipinski definition) is 0. The molecule has 0 bridgehead atoms. The van der Waals surface area contributed by atoms with Gasteiger partial charge in [0.05, 0.1) is 12.1 Å². The minimum atomic E-state index is -0.801. The van der Waals surface area contributed by atoms with Crippen LogP contribution in [0.25, 0.3) is 0 Å². The summed E-state index contributed by atoms with van der Waals surface area (Å²) in [5, 5.41) is 1.13. The Kier molecular flexibility index (Phi) is 5.82. The van der Waals surface area contributed by atoms with Crippen molar-refractivity contribution in [2.75, 3.05) is 11.4 Å². The van der Waals surface area contributed by atoms with Gasteiger partial charge in [0.15, 0.2) is 0 Å². The van der Waals surface area contributed by atoms with E-state index in [9.17, 15) is 14.4 Å². The Morgan fingerprint density at radius 2 is 1.81 bits per heavy atom. The SMILES string of the molecule is CC(=O)N(CCc1cccc(Cl)c1)C1CC(=O)N(c2ccc(Cl)cc2)C1=O. The van der Waals surface area contributed by atoms with Crippen LogP contribution in [0.15, 0.2) is 48.5 Å². The Labute approximate surface area is 167 Å². The Hall–Kier alpha value is -2.37. The minimum absolute atomic E-state index is 0.0312. The largest absolute Gasteiger partial charge is 0.330 e. The highest BCUT2D eigenvalue weighted by Crippen LogP contribution is 2.27. The molecule has 1 aliphatic rings. The van der Waals surface area contributed by atoms with Crippen molar-refractivity contribution < 1.29 is 14.4 Å². The summed E-state index contributed by atoms with van der Waals surface area (Å²) in [6.45, 7) is 1.73. The fourth-order valence-electron chi connectivity index (χ4n) is 3.20. The van der Waals surface area contributed by atoms with Gasteiger partial charge in [0.1, 0.15) is 6.04 Å². The second-order valence-electron chi connectivity index (χ2n) is 6.36. The van der Waals surface area contributed by atoms with Gasteiger partial charge in [-0.25, -0.2) is 4.90 Å². The molecule has 1 atom stereocenters. The van der Waals surface area contributed by atoms with Crippen molar-refractivity contribution in [1.29, 1.82) is 0 Å². The molecule has 0 aromatic heterocycles. The first-order valence-electron chi connectivity index (χ1n) is 8.51. The fourth-order valence-corrected chi connectivity index (χ4v) is 3.53. The summed E-state index contributed by atoms with van der Waals surface area (Å²) in [4.78, 5) is 40.0. The number of rotatable bonds is 5. The maximum Gasteiger partial charge on any atom is 0.257 e. The quantitative estimate of drug-likeness (QED) is 0.713. The Balaban J connectivity index is 1.77. The average molecular weight is 405 g/mol. The van der Waals surface area contributed by atoms with Crippen LogP contribution in [0.3, 0.4) is 0 Å².